The quantitative estimate of drug-likeness (QED) is 0.415. The highest BCUT2D eigenvalue weighted by atomic mass is 28.3. The lowest BCUT2D eigenvalue weighted by Gasteiger charge is -2.40. The first-order chi connectivity index (χ1) is 15.3. The molecular weight excluding hydrogens is 423 g/mol. The maximum Gasteiger partial charge on any atom is 0.123 e. The number of benzene rings is 2. The van der Waals surface area contributed by atoms with Gasteiger partial charge in [-0.1, -0.05) is 77.2 Å². The van der Waals surface area contributed by atoms with Crippen molar-refractivity contribution in [3.8, 4) is 5.75 Å². The summed E-state index contributed by atoms with van der Waals surface area (Å²) in [4.78, 5) is 0. The van der Waals surface area contributed by atoms with Crippen LogP contribution in [0, 0.1) is 23.6 Å². The summed E-state index contributed by atoms with van der Waals surface area (Å²) in [5.74, 6) is 3.18. The molecule has 0 heterocycles. The molecule has 0 aromatic heterocycles. The maximum atomic E-state index is 15.1. The smallest absolute Gasteiger partial charge is 0.123 e. The number of rotatable bonds is 4. The van der Waals surface area contributed by atoms with Crippen molar-refractivity contribution in [2.24, 2.45) is 17.8 Å². The zero-order chi connectivity index (χ0) is 24.3. The number of fused-ring (bicyclic) bond motifs is 3. The van der Waals surface area contributed by atoms with E-state index in [9.17, 15) is 0 Å². The minimum absolute atomic E-state index is 0.129. The van der Waals surface area contributed by atoms with Gasteiger partial charge in [-0.15, -0.1) is 0 Å². The Bertz CT molecular complexity index is 1060. The lowest BCUT2D eigenvalue weighted by Crippen LogP contribution is -2.51. The third kappa shape index (κ3) is 4.22. The van der Waals surface area contributed by atoms with Crippen molar-refractivity contribution in [2.75, 3.05) is 0 Å². The van der Waals surface area contributed by atoms with Crippen LogP contribution in [0.1, 0.15) is 77.0 Å². The second kappa shape index (κ2) is 8.41. The van der Waals surface area contributed by atoms with Gasteiger partial charge >= 0.3 is 0 Å². The molecule has 2 aliphatic rings. The van der Waals surface area contributed by atoms with Gasteiger partial charge in [0.2, 0.25) is 0 Å². The van der Waals surface area contributed by atoms with Crippen LogP contribution in [0.25, 0.3) is 6.08 Å². The van der Waals surface area contributed by atoms with Crippen LogP contribution in [-0.2, 0) is 0 Å². The molecule has 33 heavy (non-hydrogen) atoms. The molecule has 0 spiro atoms. The molecule has 1 saturated carbocycles. The molecule has 1 nitrogen and oxygen atoms in total. The fourth-order valence-corrected chi connectivity index (χ4v) is 11.3. The Kier molecular flexibility index (Phi) is 6.18. The van der Waals surface area contributed by atoms with Gasteiger partial charge in [-0.05, 0) is 89.9 Å². The van der Waals surface area contributed by atoms with Gasteiger partial charge in [-0.2, -0.15) is 0 Å². The van der Waals surface area contributed by atoms with E-state index in [1.807, 2.05) is 6.07 Å². The van der Waals surface area contributed by atoms with Crippen LogP contribution in [-0.4, -0.2) is 13.7 Å². The fourth-order valence-electron chi connectivity index (χ4n) is 6.75. The first kappa shape index (κ1) is 24.3. The molecule has 5 atom stereocenters. The van der Waals surface area contributed by atoms with Gasteiger partial charge in [-0.3, -0.25) is 0 Å². The highest BCUT2D eigenvalue weighted by molar-refractivity contribution is 6.91. The van der Waals surface area contributed by atoms with Crippen LogP contribution in [0.3, 0.4) is 0 Å². The fraction of sp³-hybridized carbons (Fsp3) is 0.533. The first-order valence-corrected chi connectivity index (χ1v) is 15.7. The molecule has 0 saturated heterocycles. The van der Waals surface area contributed by atoms with Crippen molar-refractivity contribution in [2.45, 2.75) is 84.5 Å². The van der Waals surface area contributed by atoms with E-state index in [2.05, 4.69) is 98.0 Å². The number of halogens is 1. The number of allylic oxidation sites excluding steroid dienone is 1. The Hall–Kier alpha value is -1.87. The summed E-state index contributed by atoms with van der Waals surface area (Å²) in [6, 6.07) is 12.4. The lowest BCUT2D eigenvalue weighted by atomic mass is 9.77. The Morgan fingerprint density at radius 1 is 1.00 bits per heavy atom. The molecule has 5 unspecified atom stereocenters. The highest BCUT2D eigenvalue weighted by Gasteiger charge is 2.54. The van der Waals surface area contributed by atoms with Crippen molar-refractivity contribution >= 4 is 19.3 Å². The molecule has 2 aromatic rings. The van der Waals surface area contributed by atoms with Crippen molar-refractivity contribution in [1.82, 2.24) is 0 Å². The van der Waals surface area contributed by atoms with E-state index in [0.29, 0.717) is 29.2 Å². The van der Waals surface area contributed by atoms with E-state index < -0.39 is 8.07 Å². The van der Waals surface area contributed by atoms with Gasteiger partial charge in [0.05, 0.1) is 8.07 Å². The summed E-state index contributed by atoms with van der Waals surface area (Å²) < 4.78 is 21.7. The van der Waals surface area contributed by atoms with Crippen molar-refractivity contribution in [3.63, 3.8) is 0 Å². The van der Waals surface area contributed by atoms with Crippen LogP contribution in [0.5, 0.6) is 5.75 Å². The van der Waals surface area contributed by atoms with E-state index in [4.69, 9.17) is 4.74 Å². The number of hydrogen-bond donors (Lipinski definition) is 0. The van der Waals surface area contributed by atoms with Crippen LogP contribution in [0.15, 0.2) is 42.5 Å². The van der Waals surface area contributed by atoms with Gasteiger partial charge in [0.15, 0.2) is 0 Å². The molecule has 0 bridgehead atoms. The highest BCUT2D eigenvalue weighted by Crippen LogP contribution is 2.60. The monoisotopic (exact) mass is 464 g/mol. The normalized spacial score (nSPS) is 26.9. The average molecular weight is 465 g/mol. The largest absolute Gasteiger partial charge is 0.488 e. The molecule has 4 rings (SSSR count). The van der Waals surface area contributed by atoms with Crippen LogP contribution >= 0.6 is 0 Å². The lowest BCUT2D eigenvalue weighted by molar-refractivity contribution is 0.130. The number of hydrogen-bond acceptors (Lipinski definition) is 1. The molecule has 1 fully saturated rings. The van der Waals surface area contributed by atoms with Gasteiger partial charge in [0.1, 0.15) is 17.2 Å². The predicted molar refractivity (Wildman–Crippen MR) is 142 cm³/mol. The summed E-state index contributed by atoms with van der Waals surface area (Å²) in [7, 11) is -2.15. The van der Waals surface area contributed by atoms with Gasteiger partial charge < -0.3 is 4.74 Å². The minimum atomic E-state index is -2.15. The second-order valence-corrected chi connectivity index (χ2v) is 16.9. The van der Waals surface area contributed by atoms with Gasteiger partial charge in [0, 0.05) is 0 Å². The Balaban J connectivity index is 1.87. The molecule has 2 aromatic carbocycles. The van der Waals surface area contributed by atoms with E-state index >= 15 is 4.39 Å². The average Bonchev–Trinajstić information content (AvgIpc) is 2.99. The standard InChI is InChI=1S/C30H41FOSi/c1-18(2)25-16-22(31)17-26(28(25)32-30(5,6)7)33(8,9)29-20(4)19(3)27-23-13-11-10-12-21(23)14-15-24(27)29/h10-20,24,27,29H,1-9H3. The summed E-state index contributed by atoms with van der Waals surface area (Å²) in [6.07, 6.45) is 4.80. The van der Waals surface area contributed by atoms with Gasteiger partial charge in [-0.25, -0.2) is 4.39 Å². The SMILES string of the molecule is CC(C)c1cc(F)cc([Si](C)(C)C2C(C)C(C)C3c4ccccc4C=CC32)c1OC(C)(C)C. The van der Waals surface area contributed by atoms with E-state index in [-0.39, 0.29) is 17.3 Å². The third-order valence-corrected chi connectivity index (χ3v) is 12.6. The van der Waals surface area contributed by atoms with E-state index in [1.165, 1.54) is 11.1 Å². The van der Waals surface area contributed by atoms with Crippen molar-refractivity contribution < 1.29 is 9.13 Å². The van der Waals surface area contributed by atoms with Crippen molar-refractivity contribution in [1.29, 1.82) is 0 Å². The summed E-state index contributed by atoms with van der Waals surface area (Å²) in [5, 5.41) is 1.15. The van der Waals surface area contributed by atoms with E-state index in [1.54, 1.807) is 6.07 Å². The minimum Gasteiger partial charge on any atom is -0.488 e. The summed E-state index contributed by atoms with van der Waals surface area (Å²) in [6.45, 7) is 20.3. The molecule has 0 radical (unpaired) electrons. The van der Waals surface area contributed by atoms with Crippen LogP contribution in [0.4, 0.5) is 4.39 Å². The topological polar surface area (TPSA) is 9.23 Å². The molecule has 2 aliphatic carbocycles. The van der Waals surface area contributed by atoms with Crippen molar-refractivity contribution in [3.05, 3.63) is 65.0 Å². The molecule has 3 heteroatoms. The summed E-state index contributed by atoms with van der Waals surface area (Å²) >= 11 is 0. The zero-order valence-electron chi connectivity index (χ0n) is 21.9. The Labute approximate surface area is 201 Å². The first-order valence-electron chi connectivity index (χ1n) is 12.6. The Morgan fingerprint density at radius 3 is 2.30 bits per heavy atom. The van der Waals surface area contributed by atoms with E-state index in [0.717, 1.165) is 16.5 Å². The number of ether oxygens (including phenoxy) is 1. The maximum absolute atomic E-state index is 15.1. The van der Waals surface area contributed by atoms with Crippen LogP contribution in [0.2, 0.25) is 18.6 Å². The predicted octanol–water partition coefficient (Wildman–Crippen LogP) is 8.12. The summed E-state index contributed by atoms with van der Waals surface area (Å²) in [5.41, 5.74) is 4.04. The molecule has 0 aliphatic heterocycles. The van der Waals surface area contributed by atoms with Gasteiger partial charge in [0.25, 0.3) is 0 Å². The third-order valence-electron chi connectivity index (χ3n) is 8.28. The second-order valence-electron chi connectivity index (χ2n) is 12.3. The Morgan fingerprint density at radius 2 is 1.67 bits per heavy atom. The van der Waals surface area contributed by atoms with Crippen LogP contribution < -0.4 is 9.92 Å². The molecule has 0 amide bonds. The molecule has 0 N–H and O–H groups in total. The molecular formula is C30H41FOSi. The molecule has 178 valence electrons. The zero-order valence-corrected chi connectivity index (χ0v) is 22.9.